The van der Waals surface area contributed by atoms with Crippen LogP contribution in [0.3, 0.4) is 0 Å². The van der Waals surface area contributed by atoms with Gasteiger partial charge < -0.3 is 4.40 Å². The molecule has 90 valence electrons. The molecule has 0 unspecified atom stereocenters. The first kappa shape index (κ1) is 11.0. The van der Waals surface area contributed by atoms with Crippen LogP contribution in [-0.2, 0) is 6.42 Å². The molecule has 3 aromatic rings. The highest BCUT2D eigenvalue weighted by molar-refractivity contribution is 5.63. The molecular weight excluding hydrogens is 220 g/mol. The minimum atomic E-state index is 1.00. The largest absolute Gasteiger partial charge is 0.304 e. The molecule has 0 atom stereocenters. The van der Waals surface area contributed by atoms with Crippen molar-refractivity contribution >= 4 is 5.65 Å². The fourth-order valence-corrected chi connectivity index (χ4v) is 2.20. The highest BCUT2D eigenvalue weighted by atomic mass is 15.0. The van der Waals surface area contributed by atoms with Crippen LogP contribution in [0.1, 0.15) is 18.2 Å². The summed E-state index contributed by atoms with van der Waals surface area (Å²) < 4.78 is 2.13. The number of imidazole rings is 1. The minimum Gasteiger partial charge on any atom is -0.304 e. The lowest BCUT2D eigenvalue weighted by molar-refractivity contribution is 1.09. The van der Waals surface area contributed by atoms with Gasteiger partial charge in [-0.05, 0) is 31.0 Å². The SMILES string of the molecule is CCc1ccc(-c2cn3c(C)cccc3n2)cc1. The van der Waals surface area contributed by atoms with Crippen molar-refractivity contribution in [1.82, 2.24) is 9.38 Å². The fraction of sp³-hybridized carbons (Fsp3) is 0.188. The first-order valence-electron chi connectivity index (χ1n) is 6.32. The Morgan fingerprint density at radius 3 is 2.50 bits per heavy atom. The maximum absolute atomic E-state index is 4.66. The molecule has 0 aliphatic carbocycles. The van der Waals surface area contributed by atoms with Crippen LogP contribution in [0.5, 0.6) is 0 Å². The van der Waals surface area contributed by atoms with Gasteiger partial charge in [-0.25, -0.2) is 4.98 Å². The summed E-state index contributed by atoms with van der Waals surface area (Å²) in [5, 5.41) is 0. The van der Waals surface area contributed by atoms with E-state index in [4.69, 9.17) is 0 Å². The topological polar surface area (TPSA) is 17.3 Å². The van der Waals surface area contributed by atoms with E-state index in [0.717, 1.165) is 17.8 Å². The van der Waals surface area contributed by atoms with E-state index in [1.807, 2.05) is 12.1 Å². The average Bonchev–Trinajstić information content (AvgIpc) is 2.84. The molecular formula is C16H16N2. The first-order valence-corrected chi connectivity index (χ1v) is 6.32. The Balaban J connectivity index is 2.10. The maximum Gasteiger partial charge on any atom is 0.137 e. The van der Waals surface area contributed by atoms with Gasteiger partial charge in [0.15, 0.2) is 0 Å². The Morgan fingerprint density at radius 1 is 1.06 bits per heavy atom. The van der Waals surface area contributed by atoms with Gasteiger partial charge in [-0.3, -0.25) is 0 Å². The van der Waals surface area contributed by atoms with Crippen molar-refractivity contribution in [2.24, 2.45) is 0 Å². The highest BCUT2D eigenvalue weighted by Gasteiger charge is 2.05. The fourth-order valence-electron chi connectivity index (χ4n) is 2.20. The monoisotopic (exact) mass is 236 g/mol. The van der Waals surface area contributed by atoms with E-state index in [0.29, 0.717) is 0 Å². The molecule has 0 saturated heterocycles. The molecule has 2 heterocycles. The van der Waals surface area contributed by atoms with Crippen molar-refractivity contribution in [2.45, 2.75) is 20.3 Å². The third kappa shape index (κ3) is 1.80. The summed E-state index contributed by atoms with van der Waals surface area (Å²) in [6.45, 7) is 4.27. The Hall–Kier alpha value is -2.09. The molecule has 2 nitrogen and oxygen atoms in total. The standard InChI is InChI=1S/C16H16N2/c1-3-13-7-9-14(10-8-13)15-11-18-12(2)5-4-6-16(18)17-15/h4-11H,3H2,1-2H3. The second-order valence-corrected chi connectivity index (χ2v) is 4.57. The summed E-state index contributed by atoms with van der Waals surface area (Å²) in [5.41, 5.74) is 5.78. The van der Waals surface area contributed by atoms with Gasteiger partial charge in [0.2, 0.25) is 0 Å². The second-order valence-electron chi connectivity index (χ2n) is 4.57. The van der Waals surface area contributed by atoms with Gasteiger partial charge in [0.1, 0.15) is 5.65 Å². The first-order chi connectivity index (χ1) is 8.78. The van der Waals surface area contributed by atoms with E-state index in [9.17, 15) is 0 Å². The third-order valence-corrected chi connectivity index (χ3v) is 3.35. The Morgan fingerprint density at radius 2 is 1.83 bits per heavy atom. The molecule has 2 aromatic heterocycles. The lowest BCUT2D eigenvalue weighted by atomic mass is 10.1. The summed E-state index contributed by atoms with van der Waals surface area (Å²) in [4.78, 5) is 4.66. The zero-order valence-electron chi connectivity index (χ0n) is 10.7. The molecule has 0 N–H and O–H groups in total. The van der Waals surface area contributed by atoms with Crippen molar-refractivity contribution in [3.8, 4) is 11.3 Å². The Bertz CT molecular complexity index is 678. The van der Waals surface area contributed by atoms with Gasteiger partial charge in [-0.2, -0.15) is 0 Å². The van der Waals surface area contributed by atoms with Crippen LogP contribution in [0, 0.1) is 6.92 Å². The lowest BCUT2D eigenvalue weighted by Crippen LogP contribution is -1.86. The smallest absolute Gasteiger partial charge is 0.137 e. The van der Waals surface area contributed by atoms with Crippen LogP contribution >= 0.6 is 0 Å². The van der Waals surface area contributed by atoms with Crippen LogP contribution in [0.2, 0.25) is 0 Å². The van der Waals surface area contributed by atoms with E-state index < -0.39 is 0 Å². The van der Waals surface area contributed by atoms with Crippen LogP contribution in [0.15, 0.2) is 48.7 Å². The quantitative estimate of drug-likeness (QED) is 0.660. The van der Waals surface area contributed by atoms with Crippen molar-refractivity contribution in [2.75, 3.05) is 0 Å². The van der Waals surface area contributed by atoms with Gasteiger partial charge in [-0.1, -0.05) is 37.3 Å². The van der Waals surface area contributed by atoms with E-state index in [-0.39, 0.29) is 0 Å². The molecule has 0 spiro atoms. The van der Waals surface area contributed by atoms with Crippen LogP contribution in [0.4, 0.5) is 0 Å². The van der Waals surface area contributed by atoms with E-state index in [1.165, 1.54) is 16.8 Å². The summed E-state index contributed by atoms with van der Waals surface area (Å²) in [6, 6.07) is 14.8. The molecule has 0 bridgehead atoms. The summed E-state index contributed by atoms with van der Waals surface area (Å²) in [6.07, 6.45) is 3.18. The lowest BCUT2D eigenvalue weighted by Gasteiger charge is -1.98. The molecule has 2 heteroatoms. The summed E-state index contributed by atoms with van der Waals surface area (Å²) >= 11 is 0. The van der Waals surface area contributed by atoms with Crippen LogP contribution < -0.4 is 0 Å². The number of nitrogens with zero attached hydrogens (tertiary/aromatic N) is 2. The second kappa shape index (κ2) is 4.30. The van der Waals surface area contributed by atoms with Crippen molar-refractivity contribution in [1.29, 1.82) is 0 Å². The zero-order valence-corrected chi connectivity index (χ0v) is 10.7. The molecule has 0 amide bonds. The number of rotatable bonds is 2. The predicted octanol–water partition coefficient (Wildman–Crippen LogP) is 3.87. The number of aryl methyl sites for hydroxylation is 2. The molecule has 0 aliphatic rings. The molecule has 0 saturated carbocycles. The number of fused-ring (bicyclic) bond motifs is 1. The molecule has 1 aromatic carbocycles. The molecule has 18 heavy (non-hydrogen) atoms. The van der Waals surface area contributed by atoms with Gasteiger partial charge in [0.25, 0.3) is 0 Å². The predicted molar refractivity (Wildman–Crippen MR) is 74.7 cm³/mol. The highest BCUT2D eigenvalue weighted by Crippen LogP contribution is 2.20. The minimum absolute atomic E-state index is 1.00. The Labute approximate surface area is 107 Å². The average molecular weight is 236 g/mol. The van der Waals surface area contributed by atoms with Gasteiger partial charge >= 0.3 is 0 Å². The summed E-state index contributed by atoms with van der Waals surface area (Å²) in [5.74, 6) is 0. The molecule has 0 radical (unpaired) electrons. The van der Waals surface area contributed by atoms with Crippen molar-refractivity contribution in [3.05, 3.63) is 59.9 Å². The van der Waals surface area contributed by atoms with Crippen molar-refractivity contribution in [3.63, 3.8) is 0 Å². The summed E-state index contributed by atoms with van der Waals surface area (Å²) in [7, 11) is 0. The van der Waals surface area contributed by atoms with Gasteiger partial charge in [-0.15, -0.1) is 0 Å². The Kier molecular flexibility index (Phi) is 2.63. The molecule has 3 rings (SSSR count). The normalized spacial score (nSPS) is 11.0. The number of pyridine rings is 1. The van der Waals surface area contributed by atoms with Gasteiger partial charge in [0.05, 0.1) is 5.69 Å². The maximum atomic E-state index is 4.66. The molecule has 0 fully saturated rings. The molecule has 0 aliphatic heterocycles. The number of benzene rings is 1. The van der Waals surface area contributed by atoms with E-state index in [2.05, 4.69) is 59.8 Å². The third-order valence-electron chi connectivity index (χ3n) is 3.35. The number of hydrogen-bond donors (Lipinski definition) is 0. The number of aromatic nitrogens is 2. The zero-order chi connectivity index (χ0) is 12.5. The van der Waals surface area contributed by atoms with Gasteiger partial charge in [0, 0.05) is 17.5 Å². The van der Waals surface area contributed by atoms with Crippen LogP contribution in [0.25, 0.3) is 16.9 Å². The van der Waals surface area contributed by atoms with E-state index >= 15 is 0 Å². The van der Waals surface area contributed by atoms with Crippen LogP contribution in [-0.4, -0.2) is 9.38 Å². The van der Waals surface area contributed by atoms with E-state index in [1.54, 1.807) is 0 Å². The number of hydrogen-bond acceptors (Lipinski definition) is 1. The van der Waals surface area contributed by atoms with Crippen molar-refractivity contribution < 1.29 is 0 Å².